The van der Waals surface area contributed by atoms with Gasteiger partial charge in [-0.25, -0.2) is 0 Å². The lowest BCUT2D eigenvalue weighted by Crippen LogP contribution is -2.39. The maximum absolute atomic E-state index is 11.3. The molecule has 1 fully saturated rings. The number of rotatable bonds is 6. The van der Waals surface area contributed by atoms with Crippen LogP contribution in [0.2, 0.25) is 0 Å². The minimum atomic E-state index is -0.699. The summed E-state index contributed by atoms with van der Waals surface area (Å²) in [5, 5.41) is 9.28. The molecule has 116 valence electrons. The number of ether oxygens (including phenoxy) is 1. The van der Waals surface area contributed by atoms with Crippen LogP contribution in [-0.2, 0) is 4.79 Å². The monoisotopic (exact) mass is 291 g/mol. The first-order chi connectivity index (χ1) is 9.97. The van der Waals surface area contributed by atoms with Gasteiger partial charge in [0.15, 0.2) is 0 Å². The van der Waals surface area contributed by atoms with Crippen LogP contribution in [0.1, 0.15) is 30.9 Å². The third-order valence-corrected chi connectivity index (χ3v) is 4.11. The zero-order chi connectivity index (χ0) is 15.4. The maximum atomic E-state index is 11.3. The maximum Gasteiger partial charge on any atom is 0.321 e. The van der Waals surface area contributed by atoms with E-state index in [9.17, 15) is 9.90 Å². The van der Waals surface area contributed by atoms with Gasteiger partial charge in [0.2, 0.25) is 0 Å². The summed E-state index contributed by atoms with van der Waals surface area (Å²) in [4.78, 5) is 13.3. The minimum Gasteiger partial charge on any atom is -0.494 e. The SMILES string of the molecule is Cc1cc(C)cc(OCCCN2CCC(C)C2C(=O)O)c1. The van der Waals surface area contributed by atoms with Crippen molar-refractivity contribution in [1.29, 1.82) is 0 Å². The molecule has 1 aromatic rings. The van der Waals surface area contributed by atoms with Gasteiger partial charge in [-0.05, 0) is 62.4 Å². The molecule has 2 unspecified atom stereocenters. The Bertz CT molecular complexity index is 481. The molecule has 4 heteroatoms. The van der Waals surface area contributed by atoms with Crippen LogP contribution in [0.25, 0.3) is 0 Å². The molecule has 0 radical (unpaired) electrons. The van der Waals surface area contributed by atoms with Crippen LogP contribution in [0, 0.1) is 19.8 Å². The summed E-state index contributed by atoms with van der Waals surface area (Å²) in [5.41, 5.74) is 2.40. The van der Waals surface area contributed by atoms with Crippen LogP contribution in [0.3, 0.4) is 0 Å². The van der Waals surface area contributed by atoms with Crippen molar-refractivity contribution in [2.24, 2.45) is 5.92 Å². The summed E-state index contributed by atoms with van der Waals surface area (Å²) in [6, 6.07) is 5.86. The molecule has 1 N–H and O–H groups in total. The molecule has 0 spiro atoms. The highest BCUT2D eigenvalue weighted by molar-refractivity contribution is 5.74. The van der Waals surface area contributed by atoms with Crippen LogP contribution < -0.4 is 4.74 Å². The molecular formula is C17H25NO3. The Morgan fingerprint density at radius 3 is 2.62 bits per heavy atom. The highest BCUT2D eigenvalue weighted by Crippen LogP contribution is 2.24. The van der Waals surface area contributed by atoms with Gasteiger partial charge in [0.05, 0.1) is 6.61 Å². The number of hydrogen-bond acceptors (Lipinski definition) is 3. The lowest BCUT2D eigenvalue weighted by atomic mass is 10.0. The summed E-state index contributed by atoms with van der Waals surface area (Å²) in [6.07, 6.45) is 1.82. The Hall–Kier alpha value is -1.55. The van der Waals surface area contributed by atoms with E-state index in [0.717, 1.165) is 31.7 Å². The van der Waals surface area contributed by atoms with Crippen LogP contribution in [0.5, 0.6) is 5.75 Å². The Morgan fingerprint density at radius 1 is 1.33 bits per heavy atom. The fourth-order valence-electron chi connectivity index (χ4n) is 3.15. The molecule has 1 aromatic carbocycles. The smallest absolute Gasteiger partial charge is 0.321 e. The van der Waals surface area contributed by atoms with Gasteiger partial charge >= 0.3 is 5.97 Å². The van der Waals surface area contributed by atoms with Crippen molar-refractivity contribution < 1.29 is 14.6 Å². The molecule has 0 saturated carbocycles. The second-order valence-electron chi connectivity index (χ2n) is 6.11. The number of nitrogens with zero attached hydrogens (tertiary/aromatic N) is 1. The van der Waals surface area contributed by atoms with Crippen LogP contribution >= 0.6 is 0 Å². The van der Waals surface area contributed by atoms with Gasteiger partial charge in [-0.3, -0.25) is 9.69 Å². The first kappa shape index (κ1) is 15.8. The molecule has 0 aromatic heterocycles. The van der Waals surface area contributed by atoms with E-state index in [1.54, 1.807) is 0 Å². The van der Waals surface area contributed by atoms with Gasteiger partial charge in [0.1, 0.15) is 11.8 Å². The van der Waals surface area contributed by atoms with Gasteiger partial charge in [-0.1, -0.05) is 13.0 Å². The summed E-state index contributed by atoms with van der Waals surface area (Å²) >= 11 is 0. The Balaban J connectivity index is 1.78. The molecule has 2 rings (SSSR count). The van der Waals surface area contributed by atoms with Crippen molar-refractivity contribution in [2.45, 2.75) is 39.7 Å². The molecule has 1 aliphatic heterocycles. The standard InChI is InChI=1S/C17H25NO3/c1-12-9-13(2)11-15(10-12)21-8-4-6-18-7-5-14(3)16(18)17(19)20/h9-11,14,16H,4-8H2,1-3H3,(H,19,20). The average Bonchev–Trinajstić information content (AvgIpc) is 2.75. The van der Waals surface area contributed by atoms with Gasteiger partial charge in [-0.15, -0.1) is 0 Å². The molecule has 21 heavy (non-hydrogen) atoms. The second-order valence-corrected chi connectivity index (χ2v) is 6.11. The summed E-state index contributed by atoms with van der Waals surface area (Å²) in [7, 11) is 0. The first-order valence-electron chi connectivity index (χ1n) is 7.65. The molecule has 1 heterocycles. The van der Waals surface area contributed by atoms with Gasteiger partial charge in [-0.2, -0.15) is 0 Å². The quantitative estimate of drug-likeness (QED) is 0.819. The van der Waals surface area contributed by atoms with E-state index in [1.807, 2.05) is 19.1 Å². The van der Waals surface area contributed by atoms with Crippen molar-refractivity contribution in [3.63, 3.8) is 0 Å². The highest BCUT2D eigenvalue weighted by atomic mass is 16.5. The number of aliphatic carboxylic acids is 1. The van der Waals surface area contributed by atoms with Crippen molar-refractivity contribution in [1.82, 2.24) is 4.90 Å². The fraction of sp³-hybridized carbons (Fsp3) is 0.588. The van der Waals surface area contributed by atoms with Crippen molar-refractivity contribution in [2.75, 3.05) is 19.7 Å². The number of carbonyl (C=O) groups is 1. The van der Waals surface area contributed by atoms with Gasteiger partial charge in [0.25, 0.3) is 0 Å². The first-order valence-corrected chi connectivity index (χ1v) is 7.65. The fourth-order valence-corrected chi connectivity index (χ4v) is 3.15. The predicted octanol–water partition coefficient (Wildman–Crippen LogP) is 2.87. The Labute approximate surface area is 126 Å². The van der Waals surface area contributed by atoms with E-state index in [0.29, 0.717) is 6.61 Å². The molecule has 0 amide bonds. The molecule has 0 bridgehead atoms. The zero-order valence-electron chi connectivity index (χ0n) is 13.1. The van der Waals surface area contributed by atoms with Gasteiger partial charge < -0.3 is 9.84 Å². The summed E-state index contributed by atoms with van der Waals surface area (Å²) in [6.45, 7) is 8.42. The van der Waals surface area contributed by atoms with E-state index in [2.05, 4.69) is 24.8 Å². The second kappa shape index (κ2) is 6.94. The molecule has 4 nitrogen and oxygen atoms in total. The van der Waals surface area contributed by atoms with E-state index >= 15 is 0 Å². The molecule has 0 aliphatic carbocycles. The number of hydrogen-bond donors (Lipinski definition) is 1. The average molecular weight is 291 g/mol. The topological polar surface area (TPSA) is 49.8 Å². The number of benzene rings is 1. The largest absolute Gasteiger partial charge is 0.494 e. The normalized spacial score (nSPS) is 22.4. The number of aryl methyl sites for hydroxylation is 2. The van der Waals surface area contributed by atoms with Crippen LogP contribution in [0.4, 0.5) is 0 Å². The lowest BCUT2D eigenvalue weighted by Gasteiger charge is -2.23. The third-order valence-electron chi connectivity index (χ3n) is 4.11. The Morgan fingerprint density at radius 2 is 2.00 bits per heavy atom. The molecule has 1 aliphatic rings. The van der Waals surface area contributed by atoms with E-state index in [-0.39, 0.29) is 12.0 Å². The predicted molar refractivity (Wildman–Crippen MR) is 82.8 cm³/mol. The highest BCUT2D eigenvalue weighted by Gasteiger charge is 2.35. The molecule has 2 atom stereocenters. The van der Waals surface area contributed by atoms with Gasteiger partial charge in [0, 0.05) is 6.54 Å². The lowest BCUT2D eigenvalue weighted by molar-refractivity contribution is -0.143. The third kappa shape index (κ3) is 4.21. The van der Waals surface area contributed by atoms with E-state index < -0.39 is 5.97 Å². The summed E-state index contributed by atoms with van der Waals surface area (Å²) in [5.74, 6) is 0.440. The molecule has 1 saturated heterocycles. The van der Waals surface area contributed by atoms with Crippen molar-refractivity contribution in [3.05, 3.63) is 29.3 Å². The number of carboxylic acid groups (broad SMARTS) is 1. The number of carboxylic acids is 1. The number of likely N-dealkylation sites (tertiary alicyclic amines) is 1. The van der Waals surface area contributed by atoms with Crippen molar-refractivity contribution in [3.8, 4) is 5.75 Å². The van der Waals surface area contributed by atoms with Crippen LogP contribution in [-0.4, -0.2) is 41.7 Å². The van der Waals surface area contributed by atoms with Crippen molar-refractivity contribution >= 4 is 5.97 Å². The summed E-state index contributed by atoms with van der Waals surface area (Å²) < 4.78 is 5.78. The molecular weight excluding hydrogens is 266 g/mol. The van der Waals surface area contributed by atoms with E-state index in [1.165, 1.54) is 11.1 Å². The minimum absolute atomic E-state index is 0.239. The Kier molecular flexibility index (Phi) is 5.23. The zero-order valence-corrected chi connectivity index (χ0v) is 13.1. The van der Waals surface area contributed by atoms with E-state index in [4.69, 9.17) is 4.74 Å². The van der Waals surface area contributed by atoms with Crippen LogP contribution in [0.15, 0.2) is 18.2 Å².